The van der Waals surface area contributed by atoms with E-state index in [1.54, 1.807) is 7.11 Å². The van der Waals surface area contributed by atoms with E-state index >= 15 is 0 Å². The molecule has 1 amide bonds. The van der Waals surface area contributed by atoms with Crippen LogP contribution in [0.1, 0.15) is 25.7 Å². The third-order valence-electron chi connectivity index (χ3n) is 4.19. The number of fused-ring (bicyclic) bond motifs is 1. The number of alkyl halides is 1. The Morgan fingerprint density at radius 3 is 3.06 bits per heavy atom. The van der Waals surface area contributed by atoms with Gasteiger partial charge in [-0.15, -0.1) is 11.6 Å². The molecule has 92 valence electrons. The average molecular weight is 246 g/mol. The van der Waals surface area contributed by atoms with Crippen LogP contribution in [0.5, 0.6) is 0 Å². The van der Waals surface area contributed by atoms with Gasteiger partial charge in [0.2, 0.25) is 5.91 Å². The van der Waals surface area contributed by atoms with Crippen molar-refractivity contribution in [1.29, 1.82) is 0 Å². The average Bonchev–Trinajstić information content (AvgIpc) is 2.67. The zero-order valence-electron chi connectivity index (χ0n) is 9.88. The Balaban J connectivity index is 2.10. The number of methoxy groups -OCH3 is 1. The molecule has 1 heterocycles. The lowest BCUT2D eigenvalue weighted by Crippen LogP contribution is -2.38. The molecule has 0 bridgehead atoms. The maximum absolute atomic E-state index is 11.7. The first-order chi connectivity index (χ1) is 7.72. The van der Waals surface area contributed by atoms with E-state index in [0.29, 0.717) is 5.92 Å². The van der Waals surface area contributed by atoms with Gasteiger partial charge >= 0.3 is 0 Å². The summed E-state index contributed by atoms with van der Waals surface area (Å²) < 4.78 is 5.38. The van der Waals surface area contributed by atoms with E-state index in [0.717, 1.165) is 19.7 Å². The van der Waals surface area contributed by atoms with Gasteiger partial charge in [-0.2, -0.15) is 0 Å². The van der Waals surface area contributed by atoms with E-state index in [1.165, 1.54) is 25.7 Å². The quantitative estimate of drug-likeness (QED) is 0.711. The second kappa shape index (κ2) is 4.92. The summed E-state index contributed by atoms with van der Waals surface area (Å²) in [5.41, 5.74) is 0.217. The molecule has 4 heteroatoms. The Labute approximate surface area is 102 Å². The van der Waals surface area contributed by atoms with Crippen LogP contribution in [0.25, 0.3) is 0 Å². The maximum Gasteiger partial charge on any atom is 0.237 e. The predicted molar refractivity (Wildman–Crippen MR) is 63.6 cm³/mol. The van der Waals surface area contributed by atoms with Gasteiger partial charge in [0, 0.05) is 25.6 Å². The number of halogens is 1. The van der Waals surface area contributed by atoms with Crippen molar-refractivity contribution < 1.29 is 9.53 Å². The molecule has 0 spiro atoms. The molecule has 1 aliphatic carbocycles. The molecule has 2 fully saturated rings. The van der Waals surface area contributed by atoms with Gasteiger partial charge in [0.1, 0.15) is 5.88 Å². The Morgan fingerprint density at radius 2 is 2.38 bits per heavy atom. The number of rotatable bonds is 3. The second-order valence-electron chi connectivity index (χ2n) is 5.15. The fourth-order valence-corrected chi connectivity index (χ4v) is 3.55. The van der Waals surface area contributed by atoms with Gasteiger partial charge in [-0.1, -0.05) is 12.8 Å². The van der Waals surface area contributed by atoms with Gasteiger partial charge < -0.3 is 9.64 Å². The summed E-state index contributed by atoms with van der Waals surface area (Å²) in [4.78, 5) is 13.6. The highest BCUT2D eigenvalue weighted by Gasteiger charge is 2.48. The van der Waals surface area contributed by atoms with Gasteiger partial charge in [0.25, 0.3) is 0 Å². The van der Waals surface area contributed by atoms with Crippen LogP contribution in [0.15, 0.2) is 0 Å². The van der Waals surface area contributed by atoms with Crippen molar-refractivity contribution in [2.24, 2.45) is 11.3 Å². The van der Waals surface area contributed by atoms with E-state index < -0.39 is 0 Å². The zero-order valence-corrected chi connectivity index (χ0v) is 10.6. The lowest BCUT2D eigenvalue weighted by molar-refractivity contribution is -0.128. The molecule has 3 nitrogen and oxygen atoms in total. The van der Waals surface area contributed by atoms with Crippen molar-refractivity contribution in [3.8, 4) is 0 Å². The van der Waals surface area contributed by atoms with E-state index in [1.807, 2.05) is 4.90 Å². The molecule has 16 heavy (non-hydrogen) atoms. The number of carbonyl (C=O) groups is 1. The highest BCUT2D eigenvalue weighted by molar-refractivity contribution is 6.27. The first kappa shape index (κ1) is 12.2. The molecule has 1 saturated carbocycles. The predicted octanol–water partition coefficient (Wildman–Crippen LogP) is 1.89. The van der Waals surface area contributed by atoms with Crippen molar-refractivity contribution in [2.45, 2.75) is 25.7 Å². The van der Waals surface area contributed by atoms with Crippen LogP contribution in [0, 0.1) is 11.3 Å². The number of nitrogens with zero attached hydrogens (tertiary/aromatic N) is 1. The van der Waals surface area contributed by atoms with E-state index in [4.69, 9.17) is 16.3 Å². The van der Waals surface area contributed by atoms with Crippen LogP contribution >= 0.6 is 11.6 Å². The lowest BCUT2D eigenvalue weighted by atomic mass is 9.69. The minimum absolute atomic E-state index is 0.0755. The van der Waals surface area contributed by atoms with Gasteiger partial charge in [-0.05, 0) is 18.8 Å². The molecule has 0 radical (unpaired) electrons. The van der Waals surface area contributed by atoms with Crippen LogP contribution in [0.2, 0.25) is 0 Å². The summed E-state index contributed by atoms with van der Waals surface area (Å²) in [6.45, 7) is 2.51. The van der Waals surface area contributed by atoms with E-state index in [9.17, 15) is 4.79 Å². The first-order valence-electron chi connectivity index (χ1n) is 6.04. The summed E-state index contributed by atoms with van der Waals surface area (Å²) in [5, 5.41) is 0. The van der Waals surface area contributed by atoms with Gasteiger partial charge in [-0.3, -0.25) is 4.79 Å². The summed E-state index contributed by atoms with van der Waals surface area (Å²) in [7, 11) is 1.76. The minimum atomic E-state index is 0.0755. The molecule has 2 atom stereocenters. The van der Waals surface area contributed by atoms with Crippen molar-refractivity contribution in [3.05, 3.63) is 0 Å². The molecular formula is C12H20ClNO2. The number of ether oxygens (including phenoxy) is 1. The molecule has 0 aromatic rings. The summed E-state index contributed by atoms with van der Waals surface area (Å²) >= 11 is 5.63. The van der Waals surface area contributed by atoms with Gasteiger partial charge in [0.15, 0.2) is 0 Å². The Morgan fingerprint density at radius 1 is 1.56 bits per heavy atom. The molecule has 0 N–H and O–H groups in total. The summed E-state index contributed by atoms with van der Waals surface area (Å²) in [5.74, 6) is 0.801. The second-order valence-corrected chi connectivity index (χ2v) is 5.41. The molecule has 1 saturated heterocycles. The van der Waals surface area contributed by atoms with Crippen molar-refractivity contribution in [1.82, 2.24) is 4.90 Å². The topological polar surface area (TPSA) is 29.5 Å². The fraction of sp³-hybridized carbons (Fsp3) is 0.917. The number of carbonyl (C=O) groups excluding carboxylic acids is 1. The van der Waals surface area contributed by atoms with Gasteiger partial charge in [-0.25, -0.2) is 0 Å². The zero-order chi connectivity index (χ0) is 11.6. The largest absolute Gasteiger partial charge is 0.384 e. The van der Waals surface area contributed by atoms with E-state index in [-0.39, 0.29) is 17.2 Å². The standard InChI is InChI=1S/C12H20ClNO2/c1-16-9-12-5-3-2-4-10(12)7-14(8-12)11(15)6-13/h10H,2-9H2,1H3/t10-,12+/m0/s1. The Hall–Kier alpha value is -0.280. The van der Waals surface area contributed by atoms with Crippen LogP contribution < -0.4 is 0 Å². The Bertz CT molecular complexity index is 268. The van der Waals surface area contributed by atoms with Crippen LogP contribution in [-0.2, 0) is 9.53 Å². The number of hydrogen-bond acceptors (Lipinski definition) is 2. The van der Waals surface area contributed by atoms with Crippen LogP contribution in [0.4, 0.5) is 0 Å². The highest BCUT2D eigenvalue weighted by Crippen LogP contribution is 2.46. The van der Waals surface area contributed by atoms with Crippen molar-refractivity contribution >= 4 is 17.5 Å². The third kappa shape index (κ3) is 2.07. The summed E-state index contributed by atoms with van der Waals surface area (Å²) in [6, 6.07) is 0. The minimum Gasteiger partial charge on any atom is -0.384 e. The molecule has 2 rings (SSSR count). The molecular weight excluding hydrogens is 226 g/mol. The SMILES string of the molecule is COC[C@]12CCCC[C@H]1CN(C(=O)CCl)C2. The number of hydrogen-bond donors (Lipinski definition) is 0. The van der Waals surface area contributed by atoms with Crippen LogP contribution in [0.3, 0.4) is 0 Å². The van der Waals surface area contributed by atoms with Crippen molar-refractivity contribution in [2.75, 3.05) is 32.7 Å². The smallest absolute Gasteiger partial charge is 0.237 e. The maximum atomic E-state index is 11.7. The normalized spacial score (nSPS) is 33.9. The van der Waals surface area contributed by atoms with Crippen molar-refractivity contribution in [3.63, 3.8) is 0 Å². The Kier molecular flexibility index (Phi) is 3.75. The first-order valence-corrected chi connectivity index (χ1v) is 6.58. The lowest BCUT2D eigenvalue weighted by Gasteiger charge is -2.37. The third-order valence-corrected chi connectivity index (χ3v) is 4.42. The highest BCUT2D eigenvalue weighted by atomic mass is 35.5. The number of likely N-dealkylation sites (tertiary alicyclic amines) is 1. The van der Waals surface area contributed by atoms with E-state index in [2.05, 4.69) is 0 Å². The molecule has 0 aromatic heterocycles. The monoisotopic (exact) mass is 245 g/mol. The number of amides is 1. The molecule has 0 aromatic carbocycles. The molecule has 0 unspecified atom stereocenters. The van der Waals surface area contributed by atoms with Crippen LogP contribution in [-0.4, -0.2) is 43.5 Å². The van der Waals surface area contributed by atoms with Gasteiger partial charge in [0.05, 0.1) is 6.61 Å². The molecule has 2 aliphatic rings. The fourth-order valence-electron chi connectivity index (χ4n) is 3.38. The summed E-state index contributed by atoms with van der Waals surface area (Å²) in [6.07, 6.45) is 4.98. The molecule has 1 aliphatic heterocycles.